The smallest absolute Gasteiger partial charge is 0.203 e. The van der Waals surface area contributed by atoms with Gasteiger partial charge in [0.15, 0.2) is 11.5 Å². The molecule has 0 saturated heterocycles. The number of pyridine rings is 1. The van der Waals surface area contributed by atoms with Crippen LogP contribution in [0.15, 0.2) is 36.4 Å². The monoisotopic (exact) mass is 349 g/mol. The van der Waals surface area contributed by atoms with Gasteiger partial charge in [0.1, 0.15) is 11.0 Å². The van der Waals surface area contributed by atoms with Crippen LogP contribution >= 0.6 is 0 Å². The fourth-order valence-electron chi connectivity index (χ4n) is 3.31. The number of rotatable bonds is 4. The molecule has 1 N–H and O–H groups in total. The van der Waals surface area contributed by atoms with Crippen LogP contribution in [0.2, 0.25) is 0 Å². The number of hydrogen-bond acceptors (Lipinski definition) is 5. The molecule has 0 amide bonds. The summed E-state index contributed by atoms with van der Waals surface area (Å²) >= 11 is 0. The number of methoxy groups -OCH3 is 3. The number of aromatic nitrogens is 3. The van der Waals surface area contributed by atoms with Gasteiger partial charge in [0.25, 0.3) is 0 Å². The molecule has 0 spiro atoms. The Morgan fingerprint density at radius 2 is 1.54 bits per heavy atom. The van der Waals surface area contributed by atoms with E-state index in [0.717, 1.165) is 38.8 Å². The molecule has 2 aromatic heterocycles. The molecule has 0 aliphatic rings. The number of H-pyrrole nitrogens is 1. The summed E-state index contributed by atoms with van der Waals surface area (Å²) in [6.07, 6.45) is 0. The van der Waals surface area contributed by atoms with Crippen LogP contribution in [0, 0.1) is 6.92 Å². The van der Waals surface area contributed by atoms with E-state index in [1.165, 1.54) is 0 Å². The topological polar surface area (TPSA) is 69.3 Å². The van der Waals surface area contributed by atoms with Crippen LogP contribution in [-0.4, -0.2) is 36.5 Å². The van der Waals surface area contributed by atoms with Gasteiger partial charge in [-0.25, -0.2) is 4.98 Å². The molecule has 26 heavy (non-hydrogen) atoms. The first-order chi connectivity index (χ1) is 12.7. The van der Waals surface area contributed by atoms with Crippen LogP contribution in [0.3, 0.4) is 0 Å². The second kappa shape index (κ2) is 6.22. The Morgan fingerprint density at radius 1 is 0.808 bits per heavy atom. The summed E-state index contributed by atoms with van der Waals surface area (Å²) in [6, 6.07) is 11.9. The highest BCUT2D eigenvalue weighted by atomic mass is 16.5. The van der Waals surface area contributed by atoms with Crippen molar-refractivity contribution < 1.29 is 14.2 Å². The molecule has 4 aromatic rings. The average Bonchev–Trinajstić information content (AvgIpc) is 3.07. The Balaban J connectivity index is 2.13. The average molecular weight is 349 g/mol. The summed E-state index contributed by atoms with van der Waals surface area (Å²) in [5.41, 5.74) is 4.28. The maximum atomic E-state index is 5.67. The minimum atomic E-state index is 0.544. The maximum Gasteiger partial charge on any atom is 0.203 e. The van der Waals surface area contributed by atoms with Crippen molar-refractivity contribution in [1.82, 2.24) is 15.2 Å². The van der Waals surface area contributed by atoms with Crippen molar-refractivity contribution in [3.05, 3.63) is 42.1 Å². The van der Waals surface area contributed by atoms with Gasteiger partial charge in [-0.1, -0.05) is 24.3 Å². The number of nitrogens with zero attached hydrogens (tertiary/aromatic N) is 2. The Labute approximate surface area is 150 Å². The van der Waals surface area contributed by atoms with Crippen LogP contribution in [-0.2, 0) is 0 Å². The molecule has 0 aliphatic carbocycles. The fourth-order valence-corrected chi connectivity index (χ4v) is 3.31. The number of aromatic amines is 1. The van der Waals surface area contributed by atoms with Crippen molar-refractivity contribution >= 4 is 21.8 Å². The second-order valence-electron chi connectivity index (χ2n) is 5.93. The van der Waals surface area contributed by atoms with Gasteiger partial charge < -0.3 is 14.2 Å². The number of ether oxygens (including phenoxy) is 3. The van der Waals surface area contributed by atoms with E-state index in [9.17, 15) is 0 Å². The lowest BCUT2D eigenvalue weighted by atomic mass is 10.0. The molecule has 6 heteroatoms. The number of fused-ring (bicyclic) bond motifs is 3. The number of hydrogen-bond donors (Lipinski definition) is 1. The zero-order chi connectivity index (χ0) is 18.3. The summed E-state index contributed by atoms with van der Waals surface area (Å²) in [5.74, 6) is 1.74. The van der Waals surface area contributed by atoms with Crippen molar-refractivity contribution in [3.8, 4) is 28.5 Å². The van der Waals surface area contributed by atoms with Gasteiger partial charge in [0.05, 0.1) is 32.7 Å². The summed E-state index contributed by atoms with van der Waals surface area (Å²) in [4.78, 5) is 4.90. The van der Waals surface area contributed by atoms with E-state index in [1.54, 1.807) is 21.3 Å². The van der Waals surface area contributed by atoms with Crippen molar-refractivity contribution in [2.24, 2.45) is 0 Å². The van der Waals surface area contributed by atoms with Gasteiger partial charge in [-0.05, 0) is 19.1 Å². The van der Waals surface area contributed by atoms with Gasteiger partial charge in [0, 0.05) is 16.3 Å². The first-order valence-corrected chi connectivity index (χ1v) is 8.22. The number of benzene rings is 2. The molecular formula is C20H19N3O3. The van der Waals surface area contributed by atoms with Gasteiger partial charge in [-0.15, -0.1) is 0 Å². The largest absolute Gasteiger partial charge is 0.493 e. The Hall–Kier alpha value is -3.28. The normalized spacial score (nSPS) is 11.1. The molecule has 0 unspecified atom stereocenters. The summed E-state index contributed by atoms with van der Waals surface area (Å²) in [7, 11) is 4.81. The molecule has 0 atom stereocenters. The third kappa shape index (κ3) is 2.26. The second-order valence-corrected chi connectivity index (χ2v) is 5.93. The van der Waals surface area contributed by atoms with Crippen molar-refractivity contribution in [2.45, 2.75) is 6.92 Å². The van der Waals surface area contributed by atoms with Crippen LogP contribution in [0.25, 0.3) is 33.1 Å². The highest BCUT2D eigenvalue weighted by molar-refractivity contribution is 6.10. The van der Waals surface area contributed by atoms with Crippen LogP contribution in [0.1, 0.15) is 5.69 Å². The summed E-state index contributed by atoms with van der Waals surface area (Å²) in [6.45, 7) is 1.97. The van der Waals surface area contributed by atoms with E-state index in [2.05, 4.69) is 16.3 Å². The van der Waals surface area contributed by atoms with Crippen LogP contribution in [0.4, 0.5) is 0 Å². The van der Waals surface area contributed by atoms with Gasteiger partial charge in [0.2, 0.25) is 5.75 Å². The highest BCUT2D eigenvalue weighted by Gasteiger charge is 2.21. The molecule has 2 heterocycles. The van der Waals surface area contributed by atoms with Crippen molar-refractivity contribution in [2.75, 3.05) is 21.3 Å². The molecule has 2 aromatic carbocycles. The predicted molar refractivity (Wildman–Crippen MR) is 101 cm³/mol. The SMILES string of the molecule is COc1ccc(-c2nc3c(C)[nH]nc3c3ccccc23)c(OC)c1OC. The molecule has 0 fully saturated rings. The molecule has 132 valence electrons. The first kappa shape index (κ1) is 16.2. The molecule has 4 rings (SSSR count). The third-order valence-electron chi connectivity index (χ3n) is 4.54. The molecule has 6 nitrogen and oxygen atoms in total. The number of aryl methyl sites for hydroxylation is 1. The maximum absolute atomic E-state index is 5.67. The summed E-state index contributed by atoms with van der Waals surface area (Å²) in [5, 5.41) is 9.48. The quantitative estimate of drug-likeness (QED) is 0.600. The predicted octanol–water partition coefficient (Wildman–Crippen LogP) is 4.11. The minimum absolute atomic E-state index is 0.544. The lowest BCUT2D eigenvalue weighted by molar-refractivity contribution is 0.325. The Morgan fingerprint density at radius 3 is 2.23 bits per heavy atom. The molecule has 0 saturated carbocycles. The van der Waals surface area contributed by atoms with Crippen LogP contribution in [0.5, 0.6) is 17.2 Å². The van der Waals surface area contributed by atoms with E-state index < -0.39 is 0 Å². The standard InChI is InChI=1S/C20H19N3O3/c1-11-16-18(23-22-11)13-8-6-5-7-12(13)17(21-16)14-9-10-15(24-2)20(26-4)19(14)25-3/h5-10H,1-4H3,(H,22,23). The van der Waals surface area contributed by atoms with Gasteiger partial charge in [-0.2, -0.15) is 5.10 Å². The van der Waals surface area contributed by atoms with Crippen molar-refractivity contribution in [3.63, 3.8) is 0 Å². The van der Waals surface area contributed by atoms with E-state index in [0.29, 0.717) is 17.2 Å². The zero-order valence-corrected chi connectivity index (χ0v) is 15.1. The zero-order valence-electron chi connectivity index (χ0n) is 15.1. The van der Waals surface area contributed by atoms with Crippen molar-refractivity contribution in [1.29, 1.82) is 0 Å². The molecule has 0 bridgehead atoms. The molecular weight excluding hydrogens is 330 g/mol. The lowest BCUT2D eigenvalue weighted by Crippen LogP contribution is -1.98. The fraction of sp³-hybridized carbons (Fsp3) is 0.200. The molecule has 0 radical (unpaired) electrons. The van der Waals surface area contributed by atoms with E-state index in [4.69, 9.17) is 19.2 Å². The van der Waals surface area contributed by atoms with E-state index in [-0.39, 0.29) is 0 Å². The molecule has 0 aliphatic heterocycles. The van der Waals surface area contributed by atoms with Crippen LogP contribution < -0.4 is 14.2 Å². The lowest BCUT2D eigenvalue weighted by Gasteiger charge is -2.16. The minimum Gasteiger partial charge on any atom is -0.493 e. The van der Waals surface area contributed by atoms with E-state index >= 15 is 0 Å². The third-order valence-corrected chi connectivity index (χ3v) is 4.54. The van der Waals surface area contributed by atoms with Gasteiger partial charge >= 0.3 is 0 Å². The Bertz CT molecular complexity index is 1120. The highest BCUT2D eigenvalue weighted by Crippen LogP contribution is 2.45. The first-order valence-electron chi connectivity index (χ1n) is 8.22. The Kier molecular flexibility index (Phi) is 3.88. The van der Waals surface area contributed by atoms with Gasteiger partial charge in [-0.3, -0.25) is 5.10 Å². The summed E-state index contributed by atoms with van der Waals surface area (Å²) < 4.78 is 16.6. The number of nitrogens with one attached hydrogen (secondary N) is 1. The van der Waals surface area contributed by atoms with E-state index in [1.807, 2.05) is 37.3 Å².